The second kappa shape index (κ2) is 7.71. The van der Waals surface area contributed by atoms with Crippen molar-refractivity contribution in [3.8, 4) is 11.4 Å². The van der Waals surface area contributed by atoms with E-state index in [1.807, 2.05) is 35.0 Å². The second-order valence-corrected chi connectivity index (χ2v) is 9.68. The molecule has 0 bridgehead atoms. The van der Waals surface area contributed by atoms with Gasteiger partial charge < -0.3 is 10.1 Å². The lowest BCUT2D eigenvalue weighted by atomic mass is 10.2. The summed E-state index contributed by atoms with van der Waals surface area (Å²) in [5.41, 5.74) is 0.917. The summed E-state index contributed by atoms with van der Waals surface area (Å²) in [7, 11) is -1.40. The van der Waals surface area contributed by atoms with Crippen LogP contribution in [-0.4, -0.2) is 53.8 Å². The zero-order chi connectivity index (χ0) is 18.7. The van der Waals surface area contributed by atoms with Gasteiger partial charge >= 0.3 is 0 Å². The standard InChI is InChI=1S/C17H21N3O4S2/c1-12(16(21)19-13-7-10-26(22,23)11-13)25-17-18-8-9-20(17)14-3-5-15(24-2)6-4-14/h3-6,8-9,12-13H,7,10-11H2,1-2H3,(H,19,21). The number of imidazole rings is 1. The molecule has 2 unspecified atom stereocenters. The monoisotopic (exact) mass is 395 g/mol. The van der Waals surface area contributed by atoms with Crippen LogP contribution in [0.2, 0.25) is 0 Å². The number of ether oxygens (including phenoxy) is 1. The van der Waals surface area contributed by atoms with Crippen LogP contribution in [0.3, 0.4) is 0 Å². The smallest absolute Gasteiger partial charge is 0.233 e. The number of amides is 1. The van der Waals surface area contributed by atoms with E-state index in [1.165, 1.54) is 11.8 Å². The zero-order valence-electron chi connectivity index (χ0n) is 14.6. The summed E-state index contributed by atoms with van der Waals surface area (Å²) in [6.45, 7) is 1.79. The van der Waals surface area contributed by atoms with Crippen LogP contribution >= 0.6 is 11.8 Å². The Balaban J connectivity index is 1.65. The van der Waals surface area contributed by atoms with E-state index in [2.05, 4.69) is 10.3 Å². The molecule has 2 heterocycles. The molecule has 2 atom stereocenters. The van der Waals surface area contributed by atoms with E-state index in [0.29, 0.717) is 11.6 Å². The van der Waals surface area contributed by atoms with Crippen LogP contribution in [-0.2, 0) is 14.6 Å². The van der Waals surface area contributed by atoms with Crippen LogP contribution < -0.4 is 10.1 Å². The topological polar surface area (TPSA) is 90.3 Å². The Hall–Kier alpha value is -2.00. The average molecular weight is 396 g/mol. The number of benzene rings is 1. The number of hydrogen-bond acceptors (Lipinski definition) is 6. The number of carbonyl (C=O) groups is 1. The van der Waals surface area contributed by atoms with Crippen molar-refractivity contribution in [1.29, 1.82) is 0 Å². The van der Waals surface area contributed by atoms with Crippen molar-refractivity contribution in [2.24, 2.45) is 0 Å². The maximum absolute atomic E-state index is 12.4. The molecule has 1 N–H and O–H groups in total. The van der Waals surface area contributed by atoms with Gasteiger partial charge in [0.15, 0.2) is 15.0 Å². The van der Waals surface area contributed by atoms with Gasteiger partial charge in [-0.1, -0.05) is 11.8 Å². The fourth-order valence-corrected chi connectivity index (χ4v) is 5.32. The highest BCUT2D eigenvalue weighted by Gasteiger charge is 2.30. The Morgan fingerprint density at radius 1 is 1.38 bits per heavy atom. The number of thioether (sulfide) groups is 1. The van der Waals surface area contributed by atoms with Gasteiger partial charge in [-0.25, -0.2) is 13.4 Å². The van der Waals surface area contributed by atoms with Gasteiger partial charge in [0.2, 0.25) is 5.91 Å². The number of sulfone groups is 1. The molecule has 7 nitrogen and oxygen atoms in total. The molecule has 9 heteroatoms. The third kappa shape index (κ3) is 4.39. The maximum atomic E-state index is 12.4. The van der Waals surface area contributed by atoms with E-state index in [0.717, 1.165) is 11.4 Å². The lowest BCUT2D eigenvalue weighted by Crippen LogP contribution is -2.40. The SMILES string of the molecule is COc1ccc(-n2ccnc2SC(C)C(=O)NC2CCS(=O)(=O)C2)cc1. The zero-order valence-corrected chi connectivity index (χ0v) is 16.2. The lowest BCUT2D eigenvalue weighted by molar-refractivity contribution is -0.120. The first kappa shape index (κ1) is 18.8. The first-order valence-electron chi connectivity index (χ1n) is 8.23. The number of aromatic nitrogens is 2. The van der Waals surface area contributed by atoms with Crippen molar-refractivity contribution in [2.45, 2.75) is 29.8 Å². The fraction of sp³-hybridized carbons (Fsp3) is 0.412. The van der Waals surface area contributed by atoms with Gasteiger partial charge in [0, 0.05) is 24.1 Å². The van der Waals surface area contributed by atoms with Crippen molar-refractivity contribution < 1.29 is 17.9 Å². The summed E-state index contributed by atoms with van der Waals surface area (Å²) < 4.78 is 30.1. The molecule has 1 saturated heterocycles. The lowest BCUT2D eigenvalue weighted by Gasteiger charge is -2.16. The minimum absolute atomic E-state index is 0.0244. The fourth-order valence-electron chi connectivity index (χ4n) is 2.76. The van der Waals surface area contributed by atoms with E-state index < -0.39 is 15.1 Å². The minimum Gasteiger partial charge on any atom is -0.497 e. The molecule has 1 aliphatic rings. The van der Waals surface area contributed by atoms with E-state index >= 15 is 0 Å². The summed E-state index contributed by atoms with van der Waals surface area (Å²) in [5.74, 6) is 0.751. The number of rotatable bonds is 6. The number of nitrogens with one attached hydrogen (secondary N) is 1. The Bertz CT molecular complexity index is 878. The summed E-state index contributed by atoms with van der Waals surface area (Å²) in [4.78, 5) is 16.7. The number of carbonyl (C=O) groups excluding carboxylic acids is 1. The first-order chi connectivity index (χ1) is 12.4. The molecule has 0 saturated carbocycles. The normalized spacial score (nSPS) is 19.8. The molecular formula is C17H21N3O4S2. The molecule has 0 radical (unpaired) electrons. The molecule has 3 rings (SSSR count). The Morgan fingerprint density at radius 3 is 2.73 bits per heavy atom. The van der Waals surface area contributed by atoms with Crippen molar-refractivity contribution >= 4 is 27.5 Å². The highest BCUT2D eigenvalue weighted by molar-refractivity contribution is 8.00. The minimum atomic E-state index is -3.01. The predicted molar refractivity (Wildman–Crippen MR) is 101 cm³/mol. The second-order valence-electron chi connectivity index (χ2n) is 6.15. The van der Waals surface area contributed by atoms with Crippen LogP contribution in [0.25, 0.3) is 5.69 Å². The van der Waals surface area contributed by atoms with Gasteiger partial charge in [0.25, 0.3) is 0 Å². The van der Waals surface area contributed by atoms with Gasteiger partial charge in [-0.3, -0.25) is 9.36 Å². The molecule has 2 aromatic rings. The molecule has 0 spiro atoms. The Morgan fingerprint density at radius 2 is 2.12 bits per heavy atom. The van der Waals surface area contributed by atoms with Crippen molar-refractivity contribution in [3.63, 3.8) is 0 Å². The highest BCUT2D eigenvalue weighted by atomic mass is 32.2. The third-order valence-electron chi connectivity index (χ3n) is 4.19. The van der Waals surface area contributed by atoms with Crippen LogP contribution in [0.4, 0.5) is 0 Å². The number of methoxy groups -OCH3 is 1. The first-order valence-corrected chi connectivity index (χ1v) is 10.9. The van der Waals surface area contributed by atoms with Gasteiger partial charge in [0.1, 0.15) is 5.75 Å². The molecule has 0 aliphatic carbocycles. The van der Waals surface area contributed by atoms with Crippen LogP contribution in [0.5, 0.6) is 5.75 Å². The van der Waals surface area contributed by atoms with Crippen molar-refractivity contribution in [2.75, 3.05) is 18.6 Å². The van der Waals surface area contributed by atoms with Crippen LogP contribution in [0, 0.1) is 0 Å². The largest absolute Gasteiger partial charge is 0.497 e. The van der Waals surface area contributed by atoms with Gasteiger partial charge in [0.05, 0.1) is 23.9 Å². The van der Waals surface area contributed by atoms with Crippen molar-refractivity contribution in [3.05, 3.63) is 36.7 Å². The van der Waals surface area contributed by atoms with Gasteiger partial charge in [-0.05, 0) is 37.6 Å². The highest BCUT2D eigenvalue weighted by Crippen LogP contribution is 2.26. The maximum Gasteiger partial charge on any atom is 0.233 e. The molecule has 140 valence electrons. The van der Waals surface area contributed by atoms with Crippen molar-refractivity contribution in [1.82, 2.24) is 14.9 Å². The molecule has 26 heavy (non-hydrogen) atoms. The van der Waals surface area contributed by atoms with E-state index in [1.54, 1.807) is 20.2 Å². The predicted octanol–water partition coefficient (Wildman–Crippen LogP) is 1.66. The Kier molecular flexibility index (Phi) is 5.57. The van der Waals surface area contributed by atoms with E-state index in [-0.39, 0.29) is 23.5 Å². The Labute approximate surface area is 157 Å². The number of nitrogens with zero attached hydrogens (tertiary/aromatic N) is 2. The van der Waals surface area contributed by atoms with Crippen LogP contribution in [0.1, 0.15) is 13.3 Å². The third-order valence-corrected chi connectivity index (χ3v) is 7.04. The quantitative estimate of drug-likeness (QED) is 0.748. The molecule has 1 amide bonds. The molecule has 1 fully saturated rings. The summed E-state index contributed by atoms with van der Waals surface area (Å²) >= 11 is 1.33. The summed E-state index contributed by atoms with van der Waals surface area (Å²) in [5, 5.41) is 3.13. The van der Waals surface area contributed by atoms with Crippen LogP contribution in [0.15, 0.2) is 41.8 Å². The summed E-state index contributed by atoms with van der Waals surface area (Å²) in [6.07, 6.45) is 3.99. The summed E-state index contributed by atoms with van der Waals surface area (Å²) in [6, 6.07) is 7.26. The molecule has 1 aromatic carbocycles. The van der Waals surface area contributed by atoms with Gasteiger partial charge in [-0.2, -0.15) is 0 Å². The van der Waals surface area contributed by atoms with Gasteiger partial charge in [-0.15, -0.1) is 0 Å². The average Bonchev–Trinajstić information content (AvgIpc) is 3.21. The van der Waals surface area contributed by atoms with E-state index in [9.17, 15) is 13.2 Å². The molecule has 1 aliphatic heterocycles. The molecule has 1 aromatic heterocycles. The van der Waals surface area contributed by atoms with E-state index in [4.69, 9.17) is 4.74 Å². The molecular weight excluding hydrogens is 374 g/mol. The number of hydrogen-bond donors (Lipinski definition) is 1.